The maximum absolute atomic E-state index is 13.3. The van der Waals surface area contributed by atoms with Gasteiger partial charge in [-0.1, -0.05) is 40.6 Å². The predicted octanol–water partition coefficient (Wildman–Crippen LogP) is 6.96. The molecule has 5 nitrogen and oxygen atoms in total. The molecule has 0 bridgehead atoms. The van der Waals surface area contributed by atoms with Crippen LogP contribution in [0.4, 0.5) is 0 Å². The number of fused-ring (bicyclic) bond motifs is 3. The summed E-state index contributed by atoms with van der Waals surface area (Å²) in [7, 11) is 0. The fraction of sp³-hybridized carbons (Fsp3) is 0.185. The Labute approximate surface area is 235 Å². The van der Waals surface area contributed by atoms with Gasteiger partial charge in [0.2, 0.25) is 0 Å². The van der Waals surface area contributed by atoms with Crippen LogP contribution >= 0.6 is 57.1 Å². The van der Waals surface area contributed by atoms with E-state index in [1.54, 1.807) is 16.5 Å². The molecule has 0 saturated carbocycles. The van der Waals surface area contributed by atoms with Crippen LogP contribution in [-0.2, 0) is 6.61 Å². The molecule has 5 rings (SSSR count). The largest absolute Gasteiger partial charge is 0.490 e. The maximum atomic E-state index is 13.3. The minimum Gasteiger partial charge on any atom is -0.490 e. The lowest BCUT2D eigenvalue weighted by Crippen LogP contribution is -2.22. The summed E-state index contributed by atoms with van der Waals surface area (Å²) in [5, 5.41) is 0.984. The lowest BCUT2D eigenvalue weighted by Gasteiger charge is -2.15. The molecule has 184 valence electrons. The minimum absolute atomic E-state index is 0.0753. The van der Waals surface area contributed by atoms with Gasteiger partial charge in [-0.25, -0.2) is 9.38 Å². The summed E-state index contributed by atoms with van der Waals surface area (Å²) in [6.45, 7) is 6.81. The molecule has 5 aromatic rings. The zero-order chi connectivity index (χ0) is 25.6. The Bertz CT molecular complexity index is 1750. The highest BCUT2D eigenvalue weighted by Crippen LogP contribution is 2.35. The minimum atomic E-state index is -0.0753. The molecule has 0 aliphatic carbocycles. The summed E-state index contributed by atoms with van der Waals surface area (Å²) in [4.78, 5) is 18.7. The van der Waals surface area contributed by atoms with Gasteiger partial charge in [-0.05, 0) is 108 Å². The van der Waals surface area contributed by atoms with E-state index in [2.05, 4.69) is 34.5 Å². The molecule has 0 N–H and O–H groups in total. The highest BCUT2D eigenvalue weighted by Gasteiger charge is 2.15. The fourth-order valence-electron chi connectivity index (χ4n) is 3.93. The summed E-state index contributed by atoms with van der Waals surface area (Å²) in [6.07, 6.45) is 1.88. The molecule has 0 aliphatic heterocycles. The molecule has 0 radical (unpaired) electrons. The van der Waals surface area contributed by atoms with Crippen molar-refractivity contribution in [1.29, 1.82) is 0 Å². The average molecular weight is 651 g/mol. The van der Waals surface area contributed by atoms with Crippen LogP contribution in [0.5, 0.6) is 11.5 Å². The number of rotatable bonds is 6. The maximum Gasteiger partial charge on any atom is 0.274 e. The SMILES string of the molecule is CCOc1cc(/C=c2\sc3nc4cc(C)c(C)cc4n3c2=O)cc(I)c1OCc1ccc(Cl)c(Cl)c1. The van der Waals surface area contributed by atoms with Crippen molar-refractivity contribution in [2.45, 2.75) is 27.4 Å². The first-order valence-electron chi connectivity index (χ1n) is 11.2. The predicted molar refractivity (Wildman–Crippen MR) is 156 cm³/mol. The number of halogens is 3. The van der Waals surface area contributed by atoms with E-state index in [4.69, 9.17) is 32.7 Å². The number of benzene rings is 3. The molecule has 0 spiro atoms. The van der Waals surface area contributed by atoms with E-state index >= 15 is 0 Å². The van der Waals surface area contributed by atoms with Crippen LogP contribution in [0.3, 0.4) is 0 Å². The third-order valence-corrected chi connectivity index (χ3v) is 8.36. The van der Waals surface area contributed by atoms with E-state index in [0.29, 0.717) is 44.3 Å². The smallest absolute Gasteiger partial charge is 0.274 e. The van der Waals surface area contributed by atoms with Crippen LogP contribution < -0.4 is 19.6 Å². The van der Waals surface area contributed by atoms with E-state index in [1.165, 1.54) is 11.3 Å². The fourth-order valence-corrected chi connectivity index (χ4v) is 6.02. The Morgan fingerprint density at radius 1 is 1.06 bits per heavy atom. The van der Waals surface area contributed by atoms with Gasteiger partial charge in [-0.2, -0.15) is 0 Å². The molecule has 0 atom stereocenters. The zero-order valence-corrected chi connectivity index (χ0v) is 24.2. The normalized spacial score (nSPS) is 12.1. The molecule has 2 aromatic heterocycles. The second-order valence-corrected chi connectivity index (χ2v) is 11.4. The third-order valence-electron chi connectivity index (χ3n) is 5.85. The Hall–Kier alpha value is -2.33. The van der Waals surface area contributed by atoms with E-state index in [0.717, 1.165) is 36.9 Å². The van der Waals surface area contributed by atoms with Gasteiger partial charge < -0.3 is 9.47 Å². The second-order valence-electron chi connectivity index (χ2n) is 8.37. The van der Waals surface area contributed by atoms with Crippen molar-refractivity contribution in [1.82, 2.24) is 9.38 Å². The highest BCUT2D eigenvalue weighted by atomic mass is 127. The molecular formula is C27H21Cl2IN2O3S. The molecule has 0 aliphatic rings. The van der Waals surface area contributed by atoms with Crippen LogP contribution in [0.25, 0.3) is 22.1 Å². The van der Waals surface area contributed by atoms with Crippen molar-refractivity contribution in [2.75, 3.05) is 6.61 Å². The average Bonchev–Trinajstić information content (AvgIpc) is 3.31. The number of nitrogens with zero attached hydrogens (tertiary/aromatic N) is 2. The number of hydrogen-bond donors (Lipinski definition) is 0. The summed E-state index contributed by atoms with van der Waals surface area (Å²) >= 11 is 15.8. The standard InChI is InChI=1S/C27H21Cl2IN2O3S/c1-4-34-23-11-17(10-20(30)25(23)35-13-16-5-6-18(28)19(29)9-16)12-24-26(33)32-22-8-15(3)14(2)7-21(22)31-27(32)36-24/h5-12H,4,13H2,1-3H3/b24-12-. The number of hydrogen-bond acceptors (Lipinski definition) is 5. The summed E-state index contributed by atoms with van der Waals surface area (Å²) in [5.74, 6) is 1.25. The molecular weight excluding hydrogens is 630 g/mol. The monoisotopic (exact) mass is 650 g/mol. The van der Waals surface area contributed by atoms with Gasteiger partial charge in [0.15, 0.2) is 16.5 Å². The van der Waals surface area contributed by atoms with Crippen LogP contribution in [-0.4, -0.2) is 16.0 Å². The lowest BCUT2D eigenvalue weighted by atomic mass is 10.1. The Morgan fingerprint density at radius 2 is 1.83 bits per heavy atom. The van der Waals surface area contributed by atoms with Crippen molar-refractivity contribution < 1.29 is 9.47 Å². The third kappa shape index (κ3) is 4.81. The summed E-state index contributed by atoms with van der Waals surface area (Å²) in [6, 6.07) is 13.3. The lowest BCUT2D eigenvalue weighted by molar-refractivity contribution is 0.267. The van der Waals surface area contributed by atoms with Crippen LogP contribution in [0.1, 0.15) is 29.2 Å². The molecule has 0 fully saturated rings. The summed E-state index contributed by atoms with van der Waals surface area (Å²) in [5.41, 5.74) is 5.64. The zero-order valence-electron chi connectivity index (χ0n) is 19.7. The van der Waals surface area contributed by atoms with Gasteiger partial charge in [-0.15, -0.1) is 0 Å². The molecule has 0 saturated heterocycles. The van der Waals surface area contributed by atoms with Gasteiger partial charge in [0.1, 0.15) is 6.61 Å². The Balaban J connectivity index is 1.53. The van der Waals surface area contributed by atoms with Crippen LogP contribution in [0, 0.1) is 17.4 Å². The summed E-state index contributed by atoms with van der Waals surface area (Å²) < 4.78 is 15.2. The first kappa shape index (κ1) is 25.3. The van der Waals surface area contributed by atoms with Gasteiger partial charge >= 0.3 is 0 Å². The van der Waals surface area contributed by atoms with Crippen molar-refractivity contribution in [3.63, 3.8) is 0 Å². The van der Waals surface area contributed by atoms with E-state index < -0.39 is 0 Å². The number of aromatic nitrogens is 2. The van der Waals surface area contributed by atoms with E-state index in [1.807, 2.05) is 50.3 Å². The molecule has 0 unspecified atom stereocenters. The Morgan fingerprint density at radius 3 is 2.58 bits per heavy atom. The second kappa shape index (κ2) is 10.2. The highest BCUT2D eigenvalue weighted by molar-refractivity contribution is 14.1. The first-order chi connectivity index (χ1) is 17.2. The van der Waals surface area contributed by atoms with Crippen molar-refractivity contribution in [2.24, 2.45) is 0 Å². The molecule has 0 amide bonds. The van der Waals surface area contributed by atoms with Crippen molar-refractivity contribution >= 4 is 79.2 Å². The van der Waals surface area contributed by atoms with Gasteiger partial charge in [0.25, 0.3) is 5.56 Å². The molecule has 9 heteroatoms. The van der Waals surface area contributed by atoms with Crippen LogP contribution in [0.2, 0.25) is 10.0 Å². The molecule has 36 heavy (non-hydrogen) atoms. The van der Waals surface area contributed by atoms with Gasteiger partial charge in [0.05, 0.1) is 35.8 Å². The van der Waals surface area contributed by atoms with Gasteiger partial charge in [0, 0.05) is 0 Å². The van der Waals surface area contributed by atoms with E-state index in [-0.39, 0.29) is 5.56 Å². The number of aryl methyl sites for hydroxylation is 2. The van der Waals surface area contributed by atoms with Crippen molar-refractivity contribution in [3.8, 4) is 11.5 Å². The number of imidazole rings is 1. The molecule has 2 heterocycles. The van der Waals surface area contributed by atoms with E-state index in [9.17, 15) is 4.79 Å². The number of ether oxygens (including phenoxy) is 2. The first-order valence-corrected chi connectivity index (χ1v) is 13.9. The van der Waals surface area contributed by atoms with Crippen molar-refractivity contribution in [3.05, 3.63) is 93.2 Å². The van der Waals surface area contributed by atoms with Crippen LogP contribution in [0.15, 0.2) is 47.3 Å². The Kier molecular flexibility index (Phi) is 7.18. The van der Waals surface area contributed by atoms with Gasteiger partial charge in [-0.3, -0.25) is 4.79 Å². The molecule has 3 aromatic carbocycles. The quantitative estimate of drug-likeness (QED) is 0.187. The topological polar surface area (TPSA) is 52.8 Å². The number of thiazole rings is 1.